The summed E-state index contributed by atoms with van der Waals surface area (Å²) in [4.78, 5) is 45.2. The molecule has 0 spiro atoms. The molecule has 32 heavy (non-hydrogen) atoms. The van der Waals surface area contributed by atoms with Crippen molar-refractivity contribution in [3.05, 3.63) is 73.9 Å². The lowest BCUT2D eigenvalue weighted by molar-refractivity contribution is -0.127. The van der Waals surface area contributed by atoms with Crippen molar-refractivity contribution >= 4 is 51.0 Å². The number of halogens is 1. The molecule has 0 saturated carbocycles. The van der Waals surface area contributed by atoms with Gasteiger partial charge in [-0.25, -0.2) is 9.79 Å². The Morgan fingerprint density at radius 3 is 2.69 bits per heavy atom. The van der Waals surface area contributed by atoms with Gasteiger partial charge in [0.15, 0.2) is 5.17 Å². The van der Waals surface area contributed by atoms with E-state index in [0.717, 1.165) is 22.3 Å². The summed E-state index contributed by atoms with van der Waals surface area (Å²) >= 11 is 7.73. The average Bonchev–Trinajstić information content (AvgIpc) is 2.80. The van der Waals surface area contributed by atoms with E-state index in [1.54, 1.807) is 42.2 Å². The van der Waals surface area contributed by atoms with Crippen LogP contribution >= 0.6 is 23.4 Å². The molecule has 166 valence electrons. The van der Waals surface area contributed by atoms with Crippen LogP contribution in [0.2, 0.25) is 5.02 Å². The second-order valence-corrected chi connectivity index (χ2v) is 8.98. The number of carbonyl (C=O) groups is 1. The first-order chi connectivity index (χ1) is 15.4. The minimum atomic E-state index is -0.488. The zero-order valence-corrected chi connectivity index (χ0v) is 19.4. The Hall–Kier alpha value is -2.84. The highest BCUT2D eigenvalue weighted by atomic mass is 35.5. The normalized spacial score (nSPS) is 15.5. The predicted octanol–water partition coefficient (Wildman–Crippen LogP) is 3.80. The zero-order chi connectivity index (χ0) is 22.8. The molecule has 0 aliphatic carbocycles. The molecule has 1 fully saturated rings. The lowest BCUT2D eigenvalue weighted by Gasteiger charge is -2.28. The van der Waals surface area contributed by atoms with Gasteiger partial charge in [0, 0.05) is 23.9 Å². The summed E-state index contributed by atoms with van der Waals surface area (Å²) in [6.07, 6.45) is 0.828. The number of hydrogen-bond donors (Lipinski definition) is 0. The molecule has 0 radical (unpaired) electrons. The number of thioether (sulfide) groups is 1. The molecule has 4 rings (SSSR count). The lowest BCUT2D eigenvalue weighted by Crippen LogP contribution is -2.45. The number of fused-ring (bicyclic) bond motifs is 1. The van der Waals surface area contributed by atoms with Gasteiger partial charge in [0.2, 0.25) is 5.91 Å². The molecule has 1 aliphatic rings. The van der Waals surface area contributed by atoms with Crippen molar-refractivity contribution in [2.45, 2.75) is 33.4 Å². The Balaban J connectivity index is 1.72. The standard InChI is InChI=1S/C23H23ClN4O3S/c1-3-26-21(30)17-7-4-5-8-19(17)28(23(26)31)14-20(29)27-11-6-12-32-22(27)25-16-10-9-15(2)18(24)13-16/h4-5,7-10,13H,3,6,11-12,14H2,1-2H3. The fourth-order valence-electron chi connectivity index (χ4n) is 3.67. The van der Waals surface area contributed by atoms with Crippen LogP contribution in [0.4, 0.5) is 5.69 Å². The molecule has 9 heteroatoms. The SMILES string of the molecule is CCn1c(=O)c2ccccc2n(CC(=O)N2CCCSC2=Nc2ccc(C)c(Cl)c2)c1=O. The van der Waals surface area contributed by atoms with Crippen molar-refractivity contribution < 1.29 is 4.79 Å². The van der Waals surface area contributed by atoms with Crippen molar-refractivity contribution in [1.29, 1.82) is 0 Å². The summed E-state index contributed by atoms with van der Waals surface area (Å²) in [6, 6.07) is 12.4. The number of benzene rings is 2. The molecular weight excluding hydrogens is 448 g/mol. The third kappa shape index (κ3) is 4.25. The van der Waals surface area contributed by atoms with Crippen molar-refractivity contribution in [2.24, 2.45) is 4.99 Å². The second-order valence-electron chi connectivity index (χ2n) is 7.51. The number of amides is 1. The van der Waals surface area contributed by atoms with Crippen molar-refractivity contribution in [3.8, 4) is 0 Å². The molecule has 2 aromatic carbocycles. The minimum absolute atomic E-state index is 0.173. The summed E-state index contributed by atoms with van der Waals surface area (Å²) in [5.74, 6) is 0.605. The maximum Gasteiger partial charge on any atom is 0.331 e. The van der Waals surface area contributed by atoms with Crippen molar-refractivity contribution in [3.63, 3.8) is 0 Å². The predicted molar refractivity (Wildman–Crippen MR) is 130 cm³/mol. The first-order valence-electron chi connectivity index (χ1n) is 10.4. The van der Waals surface area contributed by atoms with Crippen LogP contribution in [-0.4, -0.2) is 37.4 Å². The Bertz CT molecular complexity index is 1350. The van der Waals surface area contributed by atoms with E-state index in [-0.39, 0.29) is 24.6 Å². The van der Waals surface area contributed by atoms with Crippen LogP contribution < -0.4 is 11.2 Å². The molecule has 1 aliphatic heterocycles. The second kappa shape index (κ2) is 9.34. The number of rotatable bonds is 4. The molecule has 0 unspecified atom stereocenters. The largest absolute Gasteiger partial charge is 0.331 e. The van der Waals surface area contributed by atoms with Gasteiger partial charge >= 0.3 is 5.69 Å². The van der Waals surface area contributed by atoms with Gasteiger partial charge in [0.1, 0.15) is 6.54 Å². The highest BCUT2D eigenvalue weighted by Crippen LogP contribution is 2.26. The smallest absolute Gasteiger partial charge is 0.290 e. The number of hydrogen-bond acceptors (Lipinski definition) is 5. The summed E-state index contributed by atoms with van der Waals surface area (Å²) in [7, 11) is 0. The van der Waals surface area contributed by atoms with Gasteiger partial charge in [0.25, 0.3) is 5.56 Å². The minimum Gasteiger partial charge on any atom is -0.290 e. The highest BCUT2D eigenvalue weighted by Gasteiger charge is 2.25. The fourth-order valence-corrected chi connectivity index (χ4v) is 4.82. The quantitative estimate of drug-likeness (QED) is 0.581. The van der Waals surface area contributed by atoms with Gasteiger partial charge in [-0.05, 0) is 50.1 Å². The summed E-state index contributed by atoms with van der Waals surface area (Å²) in [5, 5.41) is 1.62. The van der Waals surface area contributed by atoms with E-state index in [2.05, 4.69) is 4.99 Å². The molecule has 1 amide bonds. The topological polar surface area (TPSA) is 76.7 Å². The van der Waals surface area contributed by atoms with Crippen LogP contribution in [0.5, 0.6) is 0 Å². The Morgan fingerprint density at radius 2 is 1.94 bits per heavy atom. The number of aromatic nitrogens is 2. The number of para-hydroxylation sites is 1. The number of aliphatic imine (C=N–C) groups is 1. The molecule has 1 aromatic heterocycles. The van der Waals surface area contributed by atoms with Crippen molar-refractivity contribution in [2.75, 3.05) is 12.3 Å². The van der Waals surface area contributed by atoms with Crippen LogP contribution in [0.1, 0.15) is 18.9 Å². The first kappa shape index (κ1) is 22.4. The van der Waals surface area contributed by atoms with Crippen LogP contribution in [0, 0.1) is 6.92 Å². The molecule has 1 saturated heterocycles. The van der Waals surface area contributed by atoms with E-state index in [1.165, 1.54) is 16.3 Å². The maximum atomic E-state index is 13.3. The Kier molecular flexibility index (Phi) is 6.53. The van der Waals surface area contributed by atoms with E-state index in [9.17, 15) is 14.4 Å². The lowest BCUT2D eigenvalue weighted by atomic mass is 10.2. The van der Waals surface area contributed by atoms with Gasteiger partial charge in [-0.1, -0.05) is 41.6 Å². The van der Waals surface area contributed by atoms with E-state index in [4.69, 9.17) is 11.6 Å². The zero-order valence-electron chi connectivity index (χ0n) is 17.9. The van der Waals surface area contributed by atoms with Gasteiger partial charge < -0.3 is 0 Å². The molecule has 2 heterocycles. The van der Waals surface area contributed by atoms with Gasteiger partial charge in [-0.15, -0.1) is 0 Å². The molecule has 7 nitrogen and oxygen atoms in total. The average molecular weight is 471 g/mol. The third-order valence-electron chi connectivity index (χ3n) is 5.41. The van der Waals surface area contributed by atoms with Gasteiger partial charge in [0.05, 0.1) is 16.6 Å². The van der Waals surface area contributed by atoms with Crippen LogP contribution in [0.3, 0.4) is 0 Å². The van der Waals surface area contributed by atoms with Crippen LogP contribution in [-0.2, 0) is 17.9 Å². The molecule has 0 bridgehead atoms. The Labute approximate surface area is 194 Å². The number of nitrogens with zero attached hydrogens (tertiary/aromatic N) is 4. The van der Waals surface area contributed by atoms with Gasteiger partial charge in [-0.2, -0.15) is 0 Å². The molecule has 0 atom stereocenters. The van der Waals surface area contributed by atoms with Crippen LogP contribution in [0.15, 0.2) is 57.0 Å². The molecular formula is C23H23ClN4O3S. The molecule has 0 N–H and O–H groups in total. The highest BCUT2D eigenvalue weighted by molar-refractivity contribution is 8.13. The number of carbonyl (C=O) groups excluding carboxylic acids is 1. The van der Waals surface area contributed by atoms with E-state index < -0.39 is 5.69 Å². The molecule has 3 aromatic rings. The van der Waals surface area contributed by atoms with E-state index >= 15 is 0 Å². The van der Waals surface area contributed by atoms with E-state index in [1.807, 2.05) is 19.1 Å². The van der Waals surface area contributed by atoms with E-state index in [0.29, 0.717) is 33.3 Å². The summed E-state index contributed by atoms with van der Waals surface area (Å²) < 4.78 is 2.53. The van der Waals surface area contributed by atoms with Crippen molar-refractivity contribution in [1.82, 2.24) is 14.0 Å². The number of amidine groups is 1. The summed E-state index contributed by atoms with van der Waals surface area (Å²) in [5.41, 5.74) is 1.25. The monoisotopic (exact) mass is 470 g/mol. The number of aryl methyl sites for hydroxylation is 1. The fraction of sp³-hybridized carbons (Fsp3) is 0.304. The summed E-state index contributed by atoms with van der Waals surface area (Å²) in [6.45, 7) is 4.24. The van der Waals surface area contributed by atoms with Crippen LogP contribution in [0.25, 0.3) is 10.9 Å². The van der Waals surface area contributed by atoms with Gasteiger partial charge in [-0.3, -0.25) is 23.6 Å². The Morgan fingerprint density at radius 1 is 1.16 bits per heavy atom. The third-order valence-corrected chi connectivity index (χ3v) is 6.88. The maximum absolute atomic E-state index is 13.3. The first-order valence-corrected chi connectivity index (χ1v) is 11.8.